The van der Waals surface area contributed by atoms with Gasteiger partial charge < -0.3 is 9.64 Å². The lowest BCUT2D eigenvalue weighted by molar-refractivity contribution is -0.119. The van der Waals surface area contributed by atoms with Gasteiger partial charge in [0.2, 0.25) is 5.91 Å². The molecular weight excluding hydrogens is 262 g/mol. The largest absolute Gasteiger partial charge is 0.497 e. The van der Waals surface area contributed by atoms with Crippen LogP contribution in [-0.4, -0.2) is 20.1 Å². The minimum atomic E-state index is 0.101. The number of rotatable bonds is 4. The van der Waals surface area contributed by atoms with Crippen molar-refractivity contribution in [2.75, 3.05) is 19.1 Å². The molecule has 1 amide bonds. The summed E-state index contributed by atoms with van der Waals surface area (Å²) in [6, 6.07) is 17.8. The van der Waals surface area contributed by atoms with Crippen LogP contribution in [0.2, 0.25) is 0 Å². The first-order valence-corrected chi connectivity index (χ1v) is 7.17. The maximum Gasteiger partial charge on any atom is 0.230 e. The second-order valence-electron chi connectivity index (χ2n) is 5.45. The number of para-hydroxylation sites is 1. The third-order valence-electron chi connectivity index (χ3n) is 4.13. The highest BCUT2D eigenvalue weighted by Gasteiger charge is 2.45. The van der Waals surface area contributed by atoms with E-state index >= 15 is 0 Å². The van der Waals surface area contributed by atoms with Crippen LogP contribution in [0.5, 0.6) is 5.75 Å². The van der Waals surface area contributed by atoms with Crippen molar-refractivity contribution in [2.45, 2.75) is 12.3 Å². The average molecular weight is 281 g/mol. The van der Waals surface area contributed by atoms with Crippen LogP contribution in [-0.2, 0) is 4.79 Å². The molecule has 3 nitrogen and oxygen atoms in total. The first kappa shape index (κ1) is 13.7. The number of benzene rings is 2. The summed E-state index contributed by atoms with van der Waals surface area (Å²) in [4.78, 5) is 14.3. The number of hydrogen-bond donors (Lipinski definition) is 0. The number of hydrogen-bond acceptors (Lipinski definition) is 2. The third-order valence-corrected chi connectivity index (χ3v) is 4.13. The number of amides is 1. The fourth-order valence-corrected chi connectivity index (χ4v) is 2.72. The third kappa shape index (κ3) is 2.77. The van der Waals surface area contributed by atoms with Crippen LogP contribution in [0.15, 0.2) is 54.6 Å². The lowest BCUT2D eigenvalue weighted by Gasteiger charge is -2.17. The monoisotopic (exact) mass is 281 g/mol. The predicted molar refractivity (Wildman–Crippen MR) is 83.7 cm³/mol. The van der Waals surface area contributed by atoms with Crippen LogP contribution in [0.4, 0.5) is 5.69 Å². The van der Waals surface area contributed by atoms with Crippen LogP contribution in [0.3, 0.4) is 0 Å². The molecule has 0 spiro atoms. The van der Waals surface area contributed by atoms with Gasteiger partial charge in [-0.1, -0.05) is 30.3 Å². The van der Waals surface area contributed by atoms with Gasteiger partial charge in [0, 0.05) is 18.7 Å². The first-order valence-electron chi connectivity index (χ1n) is 7.17. The molecule has 1 fully saturated rings. The Morgan fingerprint density at radius 3 is 2.38 bits per heavy atom. The van der Waals surface area contributed by atoms with E-state index in [0.717, 1.165) is 17.9 Å². The van der Waals surface area contributed by atoms with E-state index in [4.69, 9.17) is 4.74 Å². The number of nitrogens with zero attached hydrogens (tertiary/aromatic N) is 1. The van der Waals surface area contributed by atoms with E-state index in [9.17, 15) is 4.79 Å². The molecule has 21 heavy (non-hydrogen) atoms. The van der Waals surface area contributed by atoms with E-state index in [-0.39, 0.29) is 11.8 Å². The van der Waals surface area contributed by atoms with Crippen LogP contribution in [0, 0.1) is 5.92 Å². The number of ether oxygens (including phenoxy) is 1. The van der Waals surface area contributed by atoms with Gasteiger partial charge in [0.25, 0.3) is 0 Å². The average Bonchev–Trinajstić information content (AvgIpc) is 3.35. The zero-order valence-corrected chi connectivity index (χ0v) is 12.3. The number of carbonyl (C=O) groups is 1. The van der Waals surface area contributed by atoms with Gasteiger partial charge in [0.15, 0.2) is 0 Å². The Balaban J connectivity index is 1.68. The summed E-state index contributed by atoms with van der Waals surface area (Å²) in [5, 5.41) is 0. The summed E-state index contributed by atoms with van der Waals surface area (Å²) in [6.07, 6.45) is 0.933. The van der Waals surface area contributed by atoms with E-state index in [2.05, 4.69) is 12.1 Å². The molecule has 0 radical (unpaired) electrons. The van der Waals surface area contributed by atoms with Crippen molar-refractivity contribution in [1.29, 1.82) is 0 Å². The summed E-state index contributed by atoms with van der Waals surface area (Å²) in [5.74, 6) is 1.49. The van der Waals surface area contributed by atoms with Crippen molar-refractivity contribution in [3.63, 3.8) is 0 Å². The van der Waals surface area contributed by atoms with E-state index in [1.165, 1.54) is 5.56 Å². The molecule has 0 heterocycles. The van der Waals surface area contributed by atoms with Crippen molar-refractivity contribution in [3.8, 4) is 5.75 Å². The van der Waals surface area contributed by atoms with Gasteiger partial charge in [-0.05, 0) is 42.2 Å². The molecule has 0 aliphatic heterocycles. The molecule has 0 saturated heterocycles. The molecule has 1 aliphatic rings. The van der Waals surface area contributed by atoms with Crippen molar-refractivity contribution < 1.29 is 9.53 Å². The highest BCUT2D eigenvalue weighted by Crippen LogP contribution is 2.48. The Hall–Kier alpha value is -2.29. The molecule has 3 heteroatoms. The molecule has 2 aromatic rings. The fraction of sp³-hybridized carbons (Fsp3) is 0.278. The van der Waals surface area contributed by atoms with E-state index in [1.54, 1.807) is 12.0 Å². The zero-order chi connectivity index (χ0) is 14.8. The van der Waals surface area contributed by atoms with Gasteiger partial charge in [0.1, 0.15) is 5.75 Å². The van der Waals surface area contributed by atoms with Gasteiger partial charge >= 0.3 is 0 Å². The standard InChI is InChI=1S/C18H19NO2/c1-19(14-6-4-3-5-7-14)18(20)17-12-16(17)13-8-10-15(21-2)11-9-13/h3-11,16-17H,12H2,1-2H3. The van der Waals surface area contributed by atoms with Crippen LogP contribution in [0.25, 0.3) is 0 Å². The van der Waals surface area contributed by atoms with Crippen molar-refractivity contribution in [1.82, 2.24) is 0 Å². The second-order valence-corrected chi connectivity index (χ2v) is 5.45. The van der Waals surface area contributed by atoms with Crippen LogP contribution < -0.4 is 9.64 Å². The van der Waals surface area contributed by atoms with Crippen LogP contribution >= 0.6 is 0 Å². The molecule has 1 saturated carbocycles. The minimum Gasteiger partial charge on any atom is -0.497 e. The zero-order valence-electron chi connectivity index (χ0n) is 12.3. The SMILES string of the molecule is COc1ccc(C2CC2C(=O)N(C)c2ccccc2)cc1. The maximum absolute atomic E-state index is 12.5. The number of methoxy groups -OCH3 is 1. The topological polar surface area (TPSA) is 29.5 Å². The fourth-order valence-electron chi connectivity index (χ4n) is 2.72. The molecule has 0 bridgehead atoms. The summed E-state index contributed by atoms with van der Waals surface area (Å²) < 4.78 is 5.16. The molecule has 0 aromatic heterocycles. The highest BCUT2D eigenvalue weighted by atomic mass is 16.5. The molecular formula is C18H19NO2. The Morgan fingerprint density at radius 2 is 1.76 bits per heavy atom. The van der Waals surface area contributed by atoms with Gasteiger partial charge in [-0.25, -0.2) is 0 Å². The van der Waals surface area contributed by atoms with Gasteiger partial charge in [-0.3, -0.25) is 4.79 Å². The van der Waals surface area contributed by atoms with Crippen LogP contribution in [0.1, 0.15) is 17.9 Å². The van der Waals surface area contributed by atoms with E-state index in [1.807, 2.05) is 49.5 Å². The summed E-state index contributed by atoms with van der Waals surface area (Å²) in [5.41, 5.74) is 2.17. The minimum absolute atomic E-state index is 0.101. The molecule has 2 unspecified atom stereocenters. The quantitative estimate of drug-likeness (QED) is 0.859. The molecule has 2 aromatic carbocycles. The van der Waals surface area contributed by atoms with Crippen molar-refractivity contribution in [3.05, 3.63) is 60.2 Å². The van der Waals surface area contributed by atoms with Gasteiger partial charge in [-0.2, -0.15) is 0 Å². The first-order chi connectivity index (χ1) is 10.2. The summed E-state index contributed by atoms with van der Waals surface area (Å²) in [6.45, 7) is 0. The number of anilines is 1. The molecule has 1 aliphatic carbocycles. The van der Waals surface area contributed by atoms with Gasteiger partial charge in [-0.15, -0.1) is 0 Å². The second kappa shape index (κ2) is 5.60. The Morgan fingerprint density at radius 1 is 1.10 bits per heavy atom. The maximum atomic E-state index is 12.5. The smallest absolute Gasteiger partial charge is 0.230 e. The van der Waals surface area contributed by atoms with E-state index in [0.29, 0.717) is 5.92 Å². The number of carbonyl (C=O) groups excluding carboxylic acids is 1. The van der Waals surface area contributed by atoms with E-state index < -0.39 is 0 Å². The van der Waals surface area contributed by atoms with Gasteiger partial charge in [0.05, 0.1) is 7.11 Å². The summed E-state index contributed by atoms with van der Waals surface area (Å²) in [7, 11) is 3.51. The molecule has 0 N–H and O–H groups in total. The lowest BCUT2D eigenvalue weighted by Crippen LogP contribution is -2.28. The van der Waals surface area contributed by atoms with Crippen molar-refractivity contribution in [2.24, 2.45) is 5.92 Å². The predicted octanol–water partition coefficient (Wildman–Crippen LogP) is 3.46. The lowest BCUT2D eigenvalue weighted by atomic mass is 10.1. The normalized spacial score (nSPS) is 19.9. The summed E-state index contributed by atoms with van der Waals surface area (Å²) >= 11 is 0. The molecule has 3 rings (SSSR count). The highest BCUT2D eigenvalue weighted by molar-refractivity contribution is 5.97. The molecule has 108 valence electrons. The molecule has 2 atom stereocenters. The Labute approximate surface area is 125 Å². The van der Waals surface area contributed by atoms with Crippen molar-refractivity contribution >= 4 is 11.6 Å². The Kier molecular flexibility index (Phi) is 3.65. The Bertz CT molecular complexity index is 621.